The third kappa shape index (κ3) is 6.11. The molecule has 0 saturated carbocycles. The molecule has 0 aliphatic carbocycles. The molecule has 4 rings (SSSR count). The zero-order valence-corrected chi connectivity index (χ0v) is 18.8. The second-order valence-corrected chi connectivity index (χ2v) is 8.25. The van der Waals surface area contributed by atoms with Crippen LogP contribution in [0.25, 0.3) is 11.3 Å². The monoisotopic (exact) mass is 453 g/mol. The standard InChI is InChI=1S/C25H28ClN3O3/c26-21-9-4-5-10-22(21)31-18-17-28-13-15-29(16-14-28)25(30)12-6-11-24-27-19-23(32-24)20-7-2-1-3-8-20/h1-5,7-10,19H,6,11-18H2. The number of carbonyl (C=O) groups excluding carboxylic acids is 1. The van der Waals surface area contributed by atoms with Gasteiger partial charge in [-0.2, -0.15) is 0 Å². The summed E-state index contributed by atoms with van der Waals surface area (Å²) >= 11 is 6.12. The maximum atomic E-state index is 12.6. The average Bonchev–Trinajstić information content (AvgIpc) is 3.30. The first-order chi connectivity index (χ1) is 15.7. The molecule has 168 valence electrons. The van der Waals surface area contributed by atoms with Gasteiger partial charge in [0.1, 0.15) is 12.4 Å². The van der Waals surface area contributed by atoms with Crippen molar-refractivity contribution in [2.75, 3.05) is 39.3 Å². The van der Waals surface area contributed by atoms with Gasteiger partial charge in [-0.1, -0.05) is 54.1 Å². The lowest BCUT2D eigenvalue weighted by Gasteiger charge is -2.34. The number of aromatic nitrogens is 1. The molecule has 0 unspecified atom stereocenters. The molecule has 0 bridgehead atoms. The molecule has 1 amide bonds. The summed E-state index contributed by atoms with van der Waals surface area (Å²) in [6.45, 7) is 4.62. The van der Waals surface area contributed by atoms with E-state index in [1.54, 1.807) is 6.20 Å². The number of amides is 1. The van der Waals surface area contributed by atoms with Crippen molar-refractivity contribution in [2.24, 2.45) is 0 Å². The first-order valence-electron chi connectivity index (χ1n) is 11.1. The summed E-state index contributed by atoms with van der Waals surface area (Å²) in [6.07, 6.45) is 3.66. The Kier molecular flexibility index (Phi) is 7.80. The number of hydrogen-bond donors (Lipinski definition) is 0. The largest absolute Gasteiger partial charge is 0.491 e. The fraction of sp³-hybridized carbons (Fsp3) is 0.360. The molecule has 1 saturated heterocycles. The Balaban J connectivity index is 1.13. The van der Waals surface area contributed by atoms with E-state index >= 15 is 0 Å². The van der Waals surface area contributed by atoms with E-state index in [-0.39, 0.29) is 5.91 Å². The van der Waals surface area contributed by atoms with Gasteiger partial charge in [0.25, 0.3) is 0 Å². The minimum Gasteiger partial charge on any atom is -0.491 e. The Hall–Kier alpha value is -2.83. The topological polar surface area (TPSA) is 58.8 Å². The van der Waals surface area contributed by atoms with Crippen LogP contribution in [-0.2, 0) is 11.2 Å². The Morgan fingerprint density at radius 1 is 1.03 bits per heavy atom. The van der Waals surface area contributed by atoms with Crippen molar-refractivity contribution in [3.05, 3.63) is 71.7 Å². The summed E-state index contributed by atoms with van der Waals surface area (Å²) in [7, 11) is 0. The first-order valence-corrected chi connectivity index (χ1v) is 11.4. The molecule has 1 aliphatic heterocycles. The lowest BCUT2D eigenvalue weighted by Crippen LogP contribution is -2.49. The molecule has 32 heavy (non-hydrogen) atoms. The Morgan fingerprint density at radius 2 is 1.78 bits per heavy atom. The molecule has 1 fully saturated rings. The molecule has 0 radical (unpaired) electrons. The van der Waals surface area contributed by atoms with E-state index in [0.717, 1.165) is 50.5 Å². The zero-order valence-electron chi connectivity index (χ0n) is 18.1. The van der Waals surface area contributed by atoms with Crippen molar-refractivity contribution in [1.29, 1.82) is 0 Å². The molecule has 0 N–H and O–H groups in total. The van der Waals surface area contributed by atoms with Gasteiger partial charge < -0.3 is 14.1 Å². The fourth-order valence-corrected chi connectivity index (χ4v) is 3.97. The molecule has 0 spiro atoms. The number of piperazine rings is 1. The number of benzene rings is 2. The van der Waals surface area contributed by atoms with Crippen LogP contribution in [0.2, 0.25) is 5.02 Å². The van der Waals surface area contributed by atoms with Crippen molar-refractivity contribution >= 4 is 17.5 Å². The highest BCUT2D eigenvalue weighted by atomic mass is 35.5. The SMILES string of the molecule is O=C(CCCc1ncc(-c2ccccc2)o1)N1CCN(CCOc2ccccc2Cl)CC1. The molecule has 2 heterocycles. The van der Waals surface area contributed by atoms with Crippen molar-refractivity contribution in [3.8, 4) is 17.1 Å². The number of para-hydroxylation sites is 1. The van der Waals surface area contributed by atoms with Crippen LogP contribution in [0.1, 0.15) is 18.7 Å². The number of ether oxygens (including phenoxy) is 1. The minimum absolute atomic E-state index is 0.201. The number of hydrogen-bond acceptors (Lipinski definition) is 5. The third-order valence-corrected chi connectivity index (χ3v) is 5.93. The molecule has 2 aromatic carbocycles. The van der Waals surface area contributed by atoms with E-state index in [1.165, 1.54) is 0 Å². The number of aryl methyl sites for hydroxylation is 1. The van der Waals surface area contributed by atoms with E-state index < -0.39 is 0 Å². The van der Waals surface area contributed by atoms with Crippen LogP contribution in [0.4, 0.5) is 0 Å². The summed E-state index contributed by atoms with van der Waals surface area (Å²) in [4.78, 5) is 21.2. The van der Waals surface area contributed by atoms with Gasteiger partial charge in [-0.3, -0.25) is 9.69 Å². The number of rotatable bonds is 9. The van der Waals surface area contributed by atoms with Gasteiger partial charge in [0.2, 0.25) is 5.91 Å². The van der Waals surface area contributed by atoms with Crippen LogP contribution in [0.3, 0.4) is 0 Å². The molecule has 6 nitrogen and oxygen atoms in total. The fourth-order valence-electron chi connectivity index (χ4n) is 3.78. The molecule has 1 aliphatic rings. The molecule has 3 aromatic rings. The number of halogens is 1. The van der Waals surface area contributed by atoms with Gasteiger partial charge in [-0.25, -0.2) is 4.98 Å². The van der Waals surface area contributed by atoms with Gasteiger partial charge in [0, 0.05) is 51.1 Å². The van der Waals surface area contributed by atoms with E-state index in [1.807, 2.05) is 59.5 Å². The summed E-state index contributed by atoms with van der Waals surface area (Å²) in [5, 5.41) is 0.629. The van der Waals surface area contributed by atoms with Crippen LogP contribution < -0.4 is 4.74 Å². The van der Waals surface area contributed by atoms with E-state index in [2.05, 4.69) is 9.88 Å². The molecular formula is C25H28ClN3O3. The van der Waals surface area contributed by atoms with E-state index in [9.17, 15) is 4.79 Å². The van der Waals surface area contributed by atoms with Crippen molar-refractivity contribution in [2.45, 2.75) is 19.3 Å². The number of carbonyl (C=O) groups is 1. The van der Waals surface area contributed by atoms with Crippen LogP contribution >= 0.6 is 11.6 Å². The van der Waals surface area contributed by atoms with Gasteiger partial charge in [-0.05, 0) is 18.6 Å². The van der Waals surface area contributed by atoms with Crippen LogP contribution in [-0.4, -0.2) is 60.0 Å². The van der Waals surface area contributed by atoms with Crippen molar-refractivity contribution in [3.63, 3.8) is 0 Å². The van der Waals surface area contributed by atoms with E-state index in [0.29, 0.717) is 36.1 Å². The highest BCUT2D eigenvalue weighted by Gasteiger charge is 2.21. The van der Waals surface area contributed by atoms with Crippen molar-refractivity contribution in [1.82, 2.24) is 14.8 Å². The Labute approximate surface area is 193 Å². The lowest BCUT2D eigenvalue weighted by atomic mass is 10.2. The normalized spacial score (nSPS) is 14.5. The van der Waals surface area contributed by atoms with Crippen molar-refractivity contribution < 1.29 is 13.9 Å². The summed E-state index contributed by atoms with van der Waals surface area (Å²) in [5.74, 6) is 2.36. The van der Waals surface area contributed by atoms with Gasteiger partial charge in [-0.15, -0.1) is 0 Å². The summed E-state index contributed by atoms with van der Waals surface area (Å²) < 4.78 is 11.6. The average molecular weight is 454 g/mol. The molecule has 1 aromatic heterocycles. The molecule has 0 atom stereocenters. The maximum Gasteiger partial charge on any atom is 0.222 e. The third-order valence-electron chi connectivity index (χ3n) is 5.62. The lowest BCUT2D eigenvalue weighted by molar-refractivity contribution is -0.133. The Bertz CT molecular complexity index is 1000. The smallest absolute Gasteiger partial charge is 0.222 e. The number of oxazole rings is 1. The summed E-state index contributed by atoms with van der Waals surface area (Å²) in [5.41, 5.74) is 1.01. The second kappa shape index (κ2) is 11.2. The second-order valence-electron chi connectivity index (χ2n) is 7.84. The van der Waals surface area contributed by atoms with E-state index in [4.69, 9.17) is 20.8 Å². The minimum atomic E-state index is 0.201. The molecule has 7 heteroatoms. The number of nitrogens with zero attached hydrogens (tertiary/aromatic N) is 3. The van der Waals surface area contributed by atoms with Gasteiger partial charge >= 0.3 is 0 Å². The molecular weight excluding hydrogens is 426 g/mol. The zero-order chi connectivity index (χ0) is 22.2. The quantitative estimate of drug-likeness (QED) is 0.476. The maximum absolute atomic E-state index is 12.6. The highest BCUT2D eigenvalue weighted by Crippen LogP contribution is 2.23. The van der Waals surface area contributed by atoms with Gasteiger partial charge in [0.15, 0.2) is 11.7 Å². The van der Waals surface area contributed by atoms with Crippen LogP contribution in [0.5, 0.6) is 5.75 Å². The van der Waals surface area contributed by atoms with Crippen LogP contribution in [0.15, 0.2) is 65.2 Å². The Morgan fingerprint density at radius 3 is 2.56 bits per heavy atom. The first kappa shape index (κ1) is 22.4. The highest BCUT2D eigenvalue weighted by molar-refractivity contribution is 6.32. The summed E-state index contributed by atoms with van der Waals surface area (Å²) in [6, 6.07) is 17.4. The van der Waals surface area contributed by atoms with Crippen LogP contribution in [0, 0.1) is 0 Å². The predicted molar refractivity (Wildman–Crippen MR) is 125 cm³/mol. The van der Waals surface area contributed by atoms with Gasteiger partial charge in [0.05, 0.1) is 11.2 Å². The predicted octanol–water partition coefficient (Wildman–Crippen LogP) is 4.54.